The van der Waals surface area contributed by atoms with Gasteiger partial charge in [-0.05, 0) is 58.9 Å². The third-order valence-corrected chi connectivity index (χ3v) is 3.14. The highest BCUT2D eigenvalue weighted by Crippen LogP contribution is 2.23. The van der Waals surface area contributed by atoms with E-state index in [1.54, 1.807) is 13.1 Å². The molecule has 0 radical (unpaired) electrons. The highest BCUT2D eigenvalue weighted by molar-refractivity contribution is 9.11. The van der Waals surface area contributed by atoms with E-state index >= 15 is 0 Å². The molecule has 0 spiro atoms. The molecule has 1 aromatic heterocycles. The van der Waals surface area contributed by atoms with Crippen LogP contribution in [-0.4, -0.2) is 47.8 Å². The lowest BCUT2D eigenvalue weighted by atomic mass is 10.1. The Bertz CT molecular complexity index is 383. The normalized spacial score (nSPS) is 14.8. The Morgan fingerprint density at radius 1 is 1.47 bits per heavy atom. The molecule has 6 heteroatoms. The van der Waals surface area contributed by atoms with Gasteiger partial charge in [-0.2, -0.15) is 0 Å². The molecule has 17 heavy (non-hydrogen) atoms. The van der Waals surface area contributed by atoms with Crippen LogP contribution in [0.5, 0.6) is 0 Å². The van der Waals surface area contributed by atoms with Gasteiger partial charge in [0.25, 0.3) is 0 Å². The van der Waals surface area contributed by atoms with Gasteiger partial charge >= 0.3 is 0 Å². The number of aliphatic hydroxyl groups is 1. The number of hydrogen-bond donors (Lipinski definition) is 2. The van der Waals surface area contributed by atoms with Crippen molar-refractivity contribution < 1.29 is 5.11 Å². The Kier molecular flexibility index (Phi) is 5.37. The summed E-state index contributed by atoms with van der Waals surface area (Å²) in [6, 6.07) is 1.91. The molecule has 0 aliphatic rings. The minimum Gasteiger partial charge on any atom is -0.387 e. The number of halogens is 2. The van der Waals surface area contributed by atoms with Crippen LogP contribution in [0.4, 0.5) is 5.82 Å². The average Bonchev–Trinajstić information content (AvgIpc) is 2.14. The van der Waals surface area contributed by atoms with Crippen LogP contribution < -0.4 is 5.32 Å². The van der Waals surface area contributed by atoms with Gasteiger partial charge < -0.3 is 15.3 Å². The zero-order valence-electron chi connectivity index (χ0n) is 10.2. The fourth-order valence-electron chi connectivity index (χ4n) is 1.56. The maximum atomic E-state index is 10.1. The largest absolute Gasteiger partial charge is 0.387 e. The highest BCUT2D eigenvalue weighted by atomic mass is 79.9. The Labute approximate surface area is 119 Å². The molecule has 0 saturated carbocycles. The Morgan fingerprint density at radius 3 is 2.65 bits per heavy atom. The zero-order valence-corrected chi connectivity index (χ0v) is 13.3. The molecule has 1 rings (SSSR count). The lowest BCUT2D eigenvalue weighted by molar-refractivity contribution is 0.0459. The first kappa shape index (κ1) is 14.9. The summed E-state index contributed by atoms with van der Waals surface area (Å²) in [5, 5.41) is 13.3. The van der Waals surface area contributed by atoms with Crippen molar-refractivity contribution in [3.05, 3.63) is 21.2 Å². The third-order valence-electron chi connectivity index (χ3n) is 2.10. The van der Waals surface area contributed by atoms with E-state index in [1.807, 2.05) is 25.1 Å². The van der Waals surface area contributed by atoms with Crippen LogP contribution in [0.3, 0.4) is 0 Å². The molecule has 0 aromatic carbocycles. The molecule has 1 heterocycles. The number of nitrogens with zero attached hydrogens (tertiary/aromatic N) is 2. The number of rotatable bonds is 5. The number of pyridine rings is 1. The maximum absolute atomic E-state index is 10.1. The Hall–Kier alpha value is -0.170. The molecule has 1 aromatic rings. The van der Waals surface area contributed by atoms with E-state index in [0.29, 0.717) is 13.1 Å². The Morgan fingerprint density at radius 2 is 2.12 bits per heavy atom. The lowest BCUT2D eigenvalue weighted by Crippen LogP contribution is -2.43. The second kappa shape index (κ2) is 6.13. The molecule has 2 N–H and O–H groups in total. The van der Waals surface area contributed by atoms with Crippen molar-refractivity contribution in [2.75, 3.05) is 32.5 Å². The van der Waals surface area contributed by atoms with E-state index in [9.17, 15) is 5.11 Å². The van der Waals surface area contributed by atoms with Crippen LogP contribution in [0.15, 0.2) is 21.2 Å². The van der Waals surface area contributed by atoms with Gasteiger partial charge in [0.05, 0.1) is 10.1 Å². The third kappa shape index (κ3) is 5.33. The van der Waals surface area contributed by atoms with Gasteiger partial charge in [-0.15, -0.1) is 0 Å². The summed E-state index contributed by atoms with van der Waals surface area (Å²) < 4.78 is 1.78. The Balaban J connectivity index is 2.61. The standard InChI is InChI=1S/C11H17Br2N3O/c1-11(17,7-16(2)3)6-15-10-9(13)4-8(12)5-14-10/h4-5,17H,6-7H2,1-3H3,(H,14,15). The van der Waals surface area contributed by atoms with E-state index < -0.39 is 5.60 Å². The van der Waals surface area contributed by atoms with Gasteiger partial charge in [-0.3, -0.25) is 0 Å². The van der Waals surface area contributed by atoms with Crippen molar-refractivity contribution in [2.24, 2.45) is 0 Å². The second-order valence-corrected chi connectivity index (χ2v) is 6.34. The molecule has 1 unspecified atom stereocenters. The maximum Gasteiger partial charge on any atom is 0.140 e. The first-order valence-electron chi connectivity index (χ1n) is 5.22. The zero-order chi connectivity index (χ0) is 13.1. The van der Waals surface area contributed by atoms with Crippen LogP contribution in [-0.2, 0) is 0 Å². The summed E-state index contributed by atoms with van der Waals surface area (Å²) in [6.07, 6.45) is 1.72. The summed E-state index contributed by atoms with van der Waals surface area (Å²) in [5.41, 5.74) is -0.794. The van der Waals surface area contributed by atoms with Gasteiger partial charge in [0, 0.05) is 23.8 Å². The molecule has 0 amide bonds. The van der Waals surface area contributed by atoms with Crippen LogP contribution in [0.2, 0.25) is 0 Å². The van der Waals surface area contributed by atoms with Crippen LogP contribution >= 0.6 is 31.9 Å². The minimum absolute atomic E-state index is 0.443. The van der Waals surface area contributed by atoms with Gasteiger partial charge in [-0.25, -0.2) is 4.98 Å². The molecule has 1 atom stereocenters. The van der Waals surface area contributed by atoms with E-state index in [-0.39, 0.29) is 0 Å². The van der Waals surface area contributed by atoms with Crippen molar-refractivity contribution >= 4 is 37.7 Å². The van der Waals surface area contributed by atoms with Gasteiger partial charge in [0.2, 0.25) is 0 Å². The fourth-order valence-corrected chi connectivity index (χ4v) is 2.68. The van der Waals surface area contributed by atoms with E-state index in [0.717, 1.165) is 14.8 Å². The van der Waals surface area contributed by atoms with Crippen molar-refractivity contribution in [1.82, 2.24) is 9.88 Å². The van der Waals surface area contributed by atoms with Crippen molar-refractivity contribution in [3.8, 4) is 0 Å². The quantitative estimate of drug-likeness (QED) is 0.839. The monoisotopic (exact) mass is 365 g/mol. The number of nitrogens with one attached hydrogen (secondary N) is 1. The van der Waals surface area contributed by atoms with Gasteiger partial charge in [-0.1, -0.05) is 0 Å². The molecule has 0 bridgehead atoms. The van der Waals surface area contributed by atoms with Gasteiger partial charge in [0.15, 0.2) is 0 Å². The van der Waals surface area contributed by atoms with Crippen LogP contribution in [0.25, 0.3) is 0 Å². The van der Waals surface area contributed by atoms with Crippen molar-refractivity contribution in [3.63, 3.8) is 0 Å². The first-order chi connectivity index (χ1) is 7.80. The molecular formula is C11H17Br2N3O. The number of anilines is 1. The molecule has 0 aliphatic carbocycles. The number of aromatic nitrogens is 1. The molecular weight excluding hydrogens is 350 g/mol. The van der Waals surface area contributed by atoms with Gasteiger partial charge in [0.1, 0.15) is 5.82 Å². The smallest absolute Gasteiger partial charge is 0.140 e. The van der Waals surface area contributed by atoms with E-state index in [2.05, 4.69) is 42.2 Å². The predicted octanol–water partition coefficient (Wildman–Crippen LogP) is 2.33. The lowest BCUT2D eigenvalue weighted by Gasteiger charge is -2.27. The molecule has 0 aliphatic heterocycles. The molecule has 4 nitrogen and oxygen atoms in total. The molecule has 0 saturated heterocycles. The van der Waals surface area contributed by atoms with Crippen LogP contribution in [0.1, 0.15) is 6.92 Å². The topological polar surface area (TPSA) is 48.4 Å². The SMILES string of the molecule is CN(C)CC(C)(O)CNc1ncc(Br)cc1Br. The van der Waals surface area contributed by atoms with Crippen molar-refractivity contribution in [1.29, 1.82) is 0 Å². The summed E-state index contributed by atoms with van der Waals surface area (Å²) in [5.74, 6) is 0.729. The van der Waals surface area contributed by atoms with Crippen LogP contribution in [0, 0.1) is 0 Å². The second-order valence-electron chi connectivity index (χ2n) is 4.57. The van der Waals surface area contributed by atoms with E-state index in [1.165, 1.54) is 0 Å². The minimum atomic E-state index is -0.794. The van der Waals surface area contributed by atoms with E-state index in [4.69, 9.17) is 0 Å². The number of likely N-dealkylation sites (N-methyl/N-ethyl adjacent to an activating group) is 1. The average molecular weight is 367 g/mol. The molecule has 96 valence electrons. The number of hydrogen-bond acceptors (Lipinski definition) is 4. The highest BCUT2D eigenvalue weighted by Gasteiger charge is 2.21. The molecule has 0 fully saturated rings. The summed E-state index contributed by atoms with van der Waals surface area (Å²) in [7, 11) is 3.87. The first-order valence-corrected chi connectivity index (χ1v) is 6.81. The summed E-state index contributed by atoms with van der Waals surface area (Å²) >= 11 is 6.76. The van der Waals surface area contributed by atoms with Crippen molar-refractivity contribution in [2.45, 2.75) is 12.5 Å². The summed E-state index contributed by atoms with van der Waals surface area (Å²) in [4.78, 5) is 6.18. The summed E-state index contributed by atoms with van der Waals surface area (Å²) in [6.45, 7) is 2.83. The predicted molar refractivity (Wildman–Crippen MR) is 77.3 cm³/mol. The fraction of sp³-hybridized carbons (Fsp3) is 0.545.